The van der Waals surface area contributed by atoms with E-state index in [-0.39, 0.29) is 11.6 Å². The Morgan fingerprint density at radius 2 is 1.62 bits per heavy atom. The summed E-state index contributed by atoms with van der Waals surface area (Å²) >= 11 is 2.90. The summed E-state index contributed by atoms with van der Waals surface area (Å²) in [5.41, 5.74) is 0.363. The second-order valence-corrected chi connectivity index (χ2v) is 4.30. The molecule has 0 spiro atoms. The number of allylic oxidation sites excluding steroid dienone is 1. The molecule has 0 aliphatic heterocycles. The Morgan fingerprint density at radius 1 is 1.15 bits per heavy atom. The van der Waals surface area contributed by atoms with Gasteiger partial charge in [-0.3, -0.25) is 9.59 Å². The summed E-state index contributed by atoms with van der Waals surface area (Å²) in [4.78, 5) is 22.6. The van der Waals surface area contributed by atoms with Crippen molar-refractivity contribution in [3.63, 3.8) is 0 Å². The van der Waals surface area contributed by atoms with Crippen LogP contribution in [0.5, 0.6) is 0 Å². The number of Topliss-reactive ketones (excluding diaryl/α,β-unsaturated/α-hetero) is 2. The molecule has 74 valence electrons. The van der Waals surface area contributed by atoms with E-state index in [4.69, 9.17) is 0 Å². The van der Waals surface area contributed by atoms with Gasteiger partial charge in [0.05, 0.1) is 9.81 Å². The molecule has 0 radical (unpaired) electrons. The fraction of sp³-hybridized carbons (Fsp3) is 0.556. The first-order chi connectivity index (χ1) is 6.08. The molecule has 0 saturated heterocycles. The highest BCUT2D eigenvalue weighted by molar-refractivity contribution is 8.21. The lowest BCUT2D eigenvalue weighted by Gasteiger charge is -2.06. The highest BCUT2D eigenvalue weighted by Crippen LogP contribution is 2.28. The number of ketones is 2. The summed E-state index contributed by atoms with van der Waals surface area (Å²) in [6.07, 6.45) is 4.13. The van der Waals surface area contributed by atoms with Crippen LogP contribution in [-0.2, 0) is 9.59 Å². The van der Waals surface area contributed by atoms with Crippen LogP contribution in [0.25, 0.3) is 0 Å². The zero-order chi connectivity index (χ0) is 10.4. The summed E-state index contributed by atoms with van der Waals surface area (Å²) in [6.45, 7) is 3.21. The van der Waals surface area contributed by atoms with Crippen molar-refractivity contribution in [3.05, 3.63) is 9.81 Å². The third kappa shape index (κ3) is 3.56. The van der Waals surface area contributed by atoms with E-state index in [2.05, 4.69) is 0 Å². The Morgan fingerprint density at radius 3 is 1.85 bits per heavy atom. The lowest BCUT2D eigenvalue weighted by molar-refractivity contribution is -0.120. The number of carbonyl (C=O) groups excluding carboxylic acids is 2. The quantitative estimate of drug-likeness (QED) is 0.403. The van der Waals surface area contributed by atoms with Gasteiger partial charge in [0.1, 0.15) is 0 Å². The summed E-state index contributed by atoms with van der Waals surface area (Å²) in [5, 5.41) is 0. The molecule has 2 nitrogen and oxygen atoms in total. The molecule has 0 aromatic rings. The third-order valence-corrected chi connectivity index (χ3v) is 3.68. The standard InChI is InChI=1S/C9H14O2S2/c1-5-7(11)8(6(2)10)9(12-3)13-4/h5H2,1-4H3. The Kier molecular flexibility index (Phi) is 6.16. The summed E-state index contributed by atoms with van der Waals surface area (Å²) in [6, 6.07) is 0. The molecule has 0 heterocycles. The highest BCUT2D eigenvalue weighted by atomic mass is 32.2. The highest BCUT2D eigenvalue weighted by Gasteiger charge is 2.17. The Balaban J connectivity index is 5.08. The maximum absolute atomic E-state index is 11.4. The van der Waals surface area contributed by atoms with Crippen LogP contribution in [0.2, 0.25) is 0 Å². The van der Waals surface area contributed by atoms with Crippen molar-refractivity contribution in [1.29, 1.82) is 0 Å². The van der Waals surface area contributed by atoms with Crippen LogP contribution in [0.4, 0.5) is 0 Å². The molecule has 0 aliphatic rings. The molecule has 0 N–H and O–H groups in total. The maximum Gasteiger partial charge on any atom is 0.167 e. The van der Waals surface area contributed by atoms with Gasteiger partial charge in [-0.25, -0.2) is 0 Å². The molecular formula is C9H14O2S2. The van der Waals surface area contributed by atoms with Gasteiger partial charge in [0.25, 0.3) is 0 Å². The number of carbonyl (C=O) groups is 2. The minimum atomic E-state index is -0.134. The van der Waals surface area contributed by atoms with Gasteiger partial charge >= 0.3 is 0 Å². The van der Waals surface area contributed by atoms with E-state index in [1.54, 1.807) is 6.92 Å². The summed E-state index contributed by atoms with van der Waals surface area (Å²) < 4.78 is 0.819. The number of hydrogen-bond acceptors (Lipinski definition) is 4. The molecule has 0 atom stereocenters. The predicted molar refractivity (Wildman–Crippen MR) is 60.0 cm³/mol. The Hall–Kier alpha value is -0.220. The van der Waals surface area contributed by atoms with Gasteiger partial charge in [0, 0.05) is 6.42 Å². The van der Waals surface area contributed by atoms with Crippen molar-refractivity contribution in [1.82, 2.24) is 0 Å². The Labute approximate surface area is 87.5 Å². The number of hydrogen-bond donors (Lipinski definition) is 0. The summed E-state index contributed by atoms with van der Waals surface area (Å²) in [5.74, 6) is -0.197. The van der Waals surface area contributed by atoms with Gasteiger partial charge in [-0.15, -0.1) is 23.5 Å². The van der Waals surface area contributed by atoms with Crippen LogP contribution in [0.15, 0.2) is 9.81 Å². The number of thioether (sulfide) groups is 2. The van der Waals surface area contributed by atoms with E-state index in [1.165, 1.54) is 30.4 Å². The zero-order valence-electron chi connectivity index (χ0n) is 8.34. The zero-order valence-corrected chi connectivity index (χ0v) is 9.97. The molecule has 4 heteroatoms. The van der Waals surface area contributed by atoms with E-state index in [1.807, 2.05) is 12.5 Å². The molecule has 0 fully saturated rings. The van der Waals surface area contributed by atoms with Gasteiger partial charge in [-0.1, -0.05) is 6.92 Å². The lowest BCUT2D eigenvalue weighted by Crippen LogP contribution is -2.10. The molecule has 0 bridgehead atoms. The van der Waals surface area contributed by atoms with Crippen LogP contribution >= 0.6 is 23.5 Å². The monoisotopic (exact) mass is 218 g/mol. The van der Waals surface area contributed by atoms with Gasteiger partial charge in [-0.2, -0.15) is 0 Å². The van der Waals surface area contributed by atoms with Crippen LogP contribution in [-0.4, -0.2) is 24.1 Å². The molecule has 0 rings (SSSR count). The molecule has 0 aromatic carbocycles. The first kappa shape index (κ1) is 12.8. The normalized spacial score (nSPS) is 9.54. The van der Waals surface area contributed by atoms with Gasteiger partial charge in [0.15, 0.2) is 11.6 Å². The second-order valence-electron chi connectivity index (χ2n) is 2.40. The van der Waals surface area contributed by atoms with Crippen LogP contribution < -0.4 is 0 Å². The fourth-order valence-electron chi connectivity index (χ4n) is 0.918. The minimum Gasteiger partial charge on any atom is -0.294 e. The van der Waals surface area contributed by atoms with Crippen molar-refractivity contribution in [3.8, 4) is 0 Å². The van der Waals surface area contributed by atoms with Crippen molar-refractivity contribution in [2.75, 3.05) is 12.5 Å². The van der Waals surface area contributed by atoms with E-state index >= 15 is 0 Å². The molecule has 0 saturated carbocycles. The Bertz CT molecular complexity index is 238. The van der Waals surface area contributed by atoms with Crippen LogP contribution in [0.3, 0.4) is 0 Å². The average molecular weight is 218 g/mol. The molecule has 0 amide bonds. The van der Waals surface area contributed by atoms with Crippen molar-refractivity contribution >= 4 is 35.1 Å². The smallest absolute Gasteiger partial charge is 0.167 e. The topological polar surface area (TPSA) is 34.1 Å². The van der Waals surface area contributed by atoms with Crippen molar-refractivity contribution in [2.45, 2.75) is 20.3 Å². The molecular weight excluding hydrogens is 204 g/mol. The molecule has 0 aliphatic carbocycles. The predicted octanol–water partition coefficient (Wildman–Crippen LogP) is 2.49. The van der Waals surface area contributed by atoms with E-state index in [9.17, 15) is 9.59 Å². The van der Waals surface area contributed by atoms with E-state index in [0.29, 0.717) is 12.0 Å². The SMILES string of the molecule is CCC(=O)C(C(C)=O)=C(SC)SC. The van der Waals surface area contributed by atoms with Gasteiger partial charge in [0.2, 0.25) is 0 Å². The molecule has 13 heavy (non-hydrogen) atoms. The van der Waals surface area contributed by atoms with E-state index < -0.39 is 0 Å². The minimum absolute atomic E-state index is 0.0637. The molecule has 0 aromatic heterocycles. The fourth-order valence-corrected chi connectivity index (χ4v) is 2.51. The van der Waals surface area contributed by atoms with Crippen LogP contribution in [0, 0.1) is 0 Å². The van der Waals surface area contributed by atoms with Gasteiger partial charge in [-0.05, 0) is 19.4 Å². The first-order valence-electron chi connectivity index (χ1n) is 3.94. The van der Waals surface area contributed by atoms with Crippen LogP contribution in [0.1, 0.15) is 20.3 Å². The first-order valence-corrected chi connectivity index (χ1v) is 6.39. The van der Waals surface area contributed by atoms with E-state index in [0.717, 1.165) is 4.24 Å². The number of rotatable bonds is 5. The third-order valence-electron chi connectivity index (χ3n) is 1.53. The lowest BCUT2D eigenvalue weighted by atomic mass is 10.1. The van der Waals surface area contributed by atoms with Gasteiger partial charge < -0.3 is 0 Å². The summed E-state index contributed by atoms with van der Waals surface area (Å²) in [7, 11) is 0. The largest absolute Gasteiger partial charge is 0.294 e. The van der Waals surface area contributed by atoms with Crippen molar-refractivity contribution in [2.24, 2.45) is 0 Å². The second kappa shape index (κ2) is 6.27. The average Bonchev–Trinajstić information content (AvgIpc) is 2.12. The maximum atomic E-state index is 11.4. The van der Waals surface area contributed by atoms with Crippen molar-refractivity contribution < 1.29 is 9.59 Å². The molecule has 0 unspecified atom stereocenters.